The zero-order chi connectivity index (χ0) is 12.3. The van der Waals surface area contributed by atoms with Crippen molar-refractivity contribution in [2.75, 3.05) is 38.5 Å². The summed E-state index contributed by atoms with van der Waals surface area (Å²) in [6.45, 7) is 4.88. The third-order valence-corrected chi connectivity index (χ3v) is 4.01. The van der Waals surface area contributed by atoms with E-state index in [-0.39, 0.29) is 23.8 Å². The Morgan fingerprint density at radius 3 is 3.00 bits per heavy atom. The molecule has 0 aliphatic carbocycles. The molecule has 17 heavy (non-hydrogen) atoms. The fraction of sp³-hybridized carbons (Fsp3) is 0.818. The van der Waals surface area contributed by atoms with E-state index in [0.29, 0.717) is 26.2 Å². The van der Waals surface area contributed by atoms with Crippen LogP contribution in [-0.2, 0) is 9.53 Å². The van der Waals surface area contributed by atoms with Crippen molar-refractivity contribution in [2.45, 2.75) is 19.4 Å². The molecule has 0 aromatic carbocycles. The number of ether oxygens (including phenoxy) is 1. The number of thioether (sulfide) groups is 1. The van der Waals surface area contributed by atoms with Crippen LogP contribution in [0, 0.1) is 0 Å². The summed E-state index contributed by atoms with van der Waals surface area (Å²) >= 11 is 1.29. The topological polar surface area (TPSA) is 49.9 Å². The third kappa shape index (κ3) is 3.13. The van der Waals surface area contributed by atoms with E-state index < -0.39 is 0 Å². The molecule has 0 aromatic heterocycles. The Morgan fingerprint density at radius 2 is 2.35 bits per heavy atom. The summed E-state index contributed by atoms with van der Waals surface area (Å²) in [5.74, 6) is 0.842. The Morgan fingerprint density at radius 1 is 1.53 bits per heavy atom. The van der Waals surface area contributed by atoms with Gasteiger partial charge < -0.3 is 14.5 Å². The van der Waals surface area contributed by atoms with Crippen LogP contribution in [-0.4, -0.2) is 65.6 Å². The highest BCUT2D eigenvalue weighted by molar-refractivity contribution is 8.13. The Bertz CT molecular complexity index is 311. The molecule has 0 saturated carbocycles. The van der Waals surface area contributed by atoms with Crippen LogP contribution in [0.5, 0.6) is 0 Å². The maximum Gasteiger partial charge on any atom is 0.282 e. The Labute approximate surface area is 105 Å². The maximum atomic E-state index is 12.0. The highest BCUT2D eigenvalue weighted by Gasteiger charge is 2.28. The zero-order valence-electron chi connectivity index (χ0n) is 10.1. The van der Waals surface area contributed by atoms with Gasteiger partial charge in [0.05, 0.1) is 12.7 Å². The van der Waals surface area contributed by atoms with E-state index in [1.165, 1.54) is 11.8 Å². The summed E-state index contributed by atoms with van der Waals surface area (Å²) < 4.78 is 5.52. The van der Waals surface area contributed by atoms with Gasteiger partial charge in [-0.05, 0) is 6.42 Å². The molecule has 5 nitrogen and oxygen atoms in total. The number of hydrogen-bond donors (Lipinski definition) is 0. The van der Waals surface area contributed by atoms with Crippen molar-refractivity contribution in [3.63, 3.8) is 0 Å². The van der Waals surface area contributed by atoms with Gasteiger partial charge in [0.25, 0.3) is 5.24 Å². The van der Waals surface area contributed by atoms with Gasteiger partial charge in [-0.1, -0.05) is 18.7 Å². The van der Waals surface area contributed by atoms with Gasteiger partial charge in [-0.25, -0.2) is 0 Å². The minimum absolute atomic E-state index is 0.0265. The second-order valence-electron chi connectivity index (χ2n) is 4.28. The molecule has 0 radical (unpaired) electrons. The molecule has 2 amide bonds. The van der Waals surface area contributed by atoms with Crippen molar-refractivity contribution in [1.82, 2.24) is 9.80 Å². The average Bonchev–Trinajstić information content (AvgIpc) is 2.75. The van der Waals surface area contributed by atoms with Crippen LogP contribution in [0.25, 0.3) is 0 Å². The number of hydrogen-bond acceptors (Lipinski definition) is 4. The highest BCUT2D eigenvalue weighted by atomic mass is 32.2. The molecule has 6 heteroatoms. The van der Waals surface area contributed by atoms with E-state index in [1.54, 1.807) is 4.90 Å². The van der Waals surface area contributed by atoms with Gasteiger partial charge in [-0.3, -0.25) is 9.59 Å². The second kappa shape index (κ2) is 5.73. The van der Waals surface area contributed by atoms with Crippen LogP contribution < -0.4 is 0 Å². The summed E-state index contributed by atoms with van der Waals surface area (Å²) in [5, 5.41) is 0.0265. The molecule has 0 unspecified atom stereocenters. The highest BCUT2D eigenvalue weighted by Crippen LogP contribution is 2.17. The number of rotatable bonds is 3. The van der Waals surface area contributed by atoms with Crippen molar-refractivity contribution in [2.24, 2.45) is 0 Å². The lowest BCUT2D eigenvalue weighted by Gasteiger charge is -2.33. The monoisotopic (exact) mass is 258 g/mol. The molecular weight excluding hydrogens is 240 g/mol. The molecule has 0 bridgehead atoms. The molecule has 0 N–H and O–H groups in total. The van der Waals surface area contributed by atoms with E-state index in [9.17, 15) is 9.59 Å². The first-order valence-electron chi connectivity index (χ1n) is 6.01. The van der Waals surface area contributed by atoms with E-state index >= 15 is 0 Å². The van der Waals surface area contributed by atoms with Gasteiger partial charge in [0.15, 0.2) is 0 Å². The average molecular weight is 258 g/mol. The van der Waals surface area contributed by atoms with Gasteiger partial charge in [0.2, 0.25) is 5.91 Å². The van der Waals surface area contributed by atoms with Gasteiger partial charge in [-0.15, -0.1) is 0 Å². The van der Waals surface area contributed by atoms with E-state index in [0.717, 1.165) is 12.2 Å². The SMILES string of the molecule is CC[C@H]1CN(C(=O)CN2CCSC2=O)CCO1. The van der Waals surface area contributed by atoms with Crippen molar-refractivity contribution in [3.8, 4) is 0 Å². The summed E-state index contributed by atoms with van der Waals surface area (Å²) in [5.41, 5.74) is 0. The van der Waals surface area contributed by atoms with E-state index in [1.807, 2.05) is 4.90 Å². The number of carbonyl (C=O) groups is 2. The molecule has 2 fully saturated rings. The largest absolute Gasteiger partial charge is 0.375 e. The van der Waals surface area contributed by atoms with Crippen LogP contribution in [0.3, 0.4) is 0 Å². The molecule has 0 aromatic rings. The van der Waals surface area contributed by atoms with E-state index in [4.69, 9.17) is 4.74 Å². The van der Waals surface area contributed by atoms with Crippen LogP contribution in [0.1, 0.15) is 13.3 Å². The lowest BCUT2D eigenvalue weighted by molar-refractivity contribution is -0.139. The first-order chi connectivity index (χ1) is 8.20. The lowest BCUT2D eigenvalue weighted by Crippen LogP contribution is -2.48. The molecule has 2 rings (SSSR count). The van der Waals surface area contributed by atoms with Crippen LogP contribution in [0.4, 0.5) is 4.79 Å². The van der Waals surface area contributed by atoms with Crippen molar-refractivity contribution < 1.29 is 14.3 Å². The van der Waals surface area contributed by atoms with Crippen molar-refractivity contribution >= 4 is 22.9 Å². The molecule has 2 aliphatic rings. The Hall–Kier alpha value is -0.750. The fourth-order valence-corrected chi connectivity index (χ4v) is 2.85. The number of carbonyl (C=O) groups excluding carboxylic acids is 2. The van der Waals surface area contributed by atoms with Gasteiger partial charge in [0, 0.05) is 25.4 Å². The smallest absolute Gasteiger partial charge is 0.282 e. The minimum atomic E-state index is 0.0265. The summed E-state index contributed by atoms with van der Waals surface area (Å²) in [4.78, 5) is 26.9. The van der Waals surface area contributed by atoms with E-state index in [2.05, 4.69) is 6.92 Å². The predicted molar refractivity (Wildman–Crippen MR) is 66.0 cm³/mol. The minimum Gasteiger partial charge on any atom is -0.375 e. The quantitative estimate of drug-likeness (QED) is 0.751. The maximum absolute atomic E-state index is 12.0. The first kappa shape index (κ1) is 12.7. The predicted octanol–water partition coefficient (Wildman–Crippen LogP) is 0.793. The molecule has 2 aliphatic heterocycles. The van der Waals surface area contributed by atoms with Crippen LogP contribution in [0.15, 0.2) is 0 Å². The van der Waals surface area contributed by atoms with Crippen LogP contribution in [0.2, 0.25) is 0 Å². The Balaban J connectivity index is 1.84. The molecule has 0 spiro atoms. The summed E-state index contributed by atoms with van der Waals surface area (Å²) in [6, 6.07) is 0. The third-order valence-electron chi connectivity index (χ3n) is 3.12. The standard InChI is InChI=1S/C11H18N2O3S/c1-2-9-7-12(3-5-16-9)10(14)8-13-4-6-17-11(13)15/h9H,2-8H2,1H3/t9-/m0/s1. The molecule has 2 saturated heterocycles. The van der Waals surface area contributed by atoms with Gasteiger partial charge >= 0.3 is 0 Å². The normalized spacial score (nSPS) is 25.5. The Kier molecular flexibility index (Phi) is 4.28. The van der Waals surface area contributed by atoms with Crippen molar-refractivity contribution in [3.05, 3.63) is 0 Å². The second-order valence-corrected chi connectivity index (χ2v) is 5.32. The summed E-state index contributed by atoms with van der Waals surface area (Å²) in [7, 11) is 0. The first-order valence-corrected chi connectivity index (χ1v) is 7.00. The number of amides is 2. The number of nitrogens with zero attached hydrogens (tertiary/aromatic N) is 2. The van der Waals surface area contributed by atoms with Crippen LogP contribution >= 0.6 is 11.8 Å². The number of morpholine rings is 1. The fourth-order valence-electron chi connectivity index (χ4n) is 2.03. The van der Waals surface area contributed by atoms with Gasteiger partial charge in [0.1, 0.15) is 6.54 Å². The molecule has 1 atom stereocenters. The molecule has 96 valence electrons. The van der Waals surface area contributed by atoms with Crippen molar-refractivity contribution in [1.29, 1.82) is 0 Å². The molecular formula is C11H18N2O3S. The lowest BCUT2D eigenvalue weighted by atomic mass is 10.2. The summed E-state index contributed by atoms with van der Waals surface area (Å²) in [6.07, 6.45) is 1.07. The zero-order valence-corrected chi connectivity index (χ0v) is 10.9. The van der Waals surface area contributed by atoms with Gasteiger partial charge in [-0.2, -0.15) is 0 Å². The molecule has 2 heterocycles.